The maximum atomic E-state index is 11.8. The van der Waals surface area contributed by atoms with Crippen LogP contribution >= 0.6 is 0 Å². The normalized spacial score (nSPS) is 15.4. The number of ether oxygens (including phenoxy) is 1. The highest BCUT2D eigenvalue weighted by molar-refractivity contribution is 5.94. The van der Waals surface area contributed by atoms with Crippen LogP contribution < -0.4 is 15.4 Å². The number of rotatable bonds is 7. The molecule has 20 heavy (non-hydrogen) atoms. The SMILES string of the molecule is COc1ccccc1NC(=O)CNC(C(=O)O)C1CC1. The van der Waals surface area contributed by atoms with Gasteiger partial charge in [0.2, 0.25) is 5.91 Å². The molecule has 0 heterocycles. The summed E-state index contributed by atoms with van der Waals surface area (Å²) in [5, 5.41) is 14.5. The van der Waals surface area contributed by atoms with Crippen molar-refractivity contribution in [3.63, 3.8) is 0 Å². The summed E-state index contributed by atoms with van der Waals surface area (Å²) in [5.41, 5.74) is 0.570. The molecule has 1 aliphatic rings. The average molecular weight is 278 g/mol. The van der Waals surface area contributed by atoms with E-state index in [0.29, 0.717) is 11.4 Å². The van der Waals surface area contributed by atoms with E-state index < -0.39 is 12.0 Å². The lowest BCUT2D eigenvalue weighted by atomic mass is 10.2. The van der Waals surface area contributed by atoms with E-state index in [0.717, 1.165) is 12.8 Å². The number of hydrogen-bond acceptors (Lipinski definition) is 4. The molecule has 0 bridgehead atoms. The molecule has 1 unspecified atom stereocenters. The summed E-state index contributed by atoms with van der Waals surface area (Å²) in [6.07, 6.45) is 1.80. The van der Waals surface area contributed by atoms with Gasteiger partial charge in [0.1, 0.15) is 11.8 Å². The maximum Gasteiger partial charge on any atom is 0.320 e. The molecule has 2 rings (SSSR count). The lowest BCUT2D eigenvalue weighted by Gasteiger charge is -2.14. The van der Waals surface area contributed by atoms with Gasteiger partial charge in [-0.1, -0.05) is 12.1 Å². The highest BCUT2D eigenvalue weighted by Crippen LogP contribution is 2.32. The topological polar surface area (TPSA) is 87.7 Å². The van der Waals surface area contributed by atoms with Crippen molar-refractivity contribution in [2.24, 2.45) is 5.92 Å². The number of carbonyl (C=O) groups excluding carboxylic acids is 1. The molecule has 0 radical (unpaired) electrons. The Bertz CT molecular complexity index is 500. The minimum absolute atomic E-state index is 0.0362. The Morgan fingerprint density at radius 3 is 2.70 bits per heavy atom. The molecule has 3 N–H and O–H groups in total. The molecule has 1 saturated carbocycles. The first-order valence-electron chi connectivity index (χ1n) is 6.51. The van der Waals surface area contributed by atoms with E-state index in [9.17, 15) is 9.59 Å². The molecule has 0 aliphatic heterocycles. The summed E-state index contributed by atoms with van der Waals surface area (Å²) in [4.78, 5) is 22.9. The summed E-state index contributed by atoms with van der Waals surface area (Å²) >= 11 is 0. The van der Waals surface area contributed by atoms with Gasteiger partial charge in [-0.05, 0) is 30.9 Å². The molecule has 6 heteroatoms. The molecule has 0 spiro atoms. The van der Waals surface area contributed by atoms with Crippen LogP contribution in [0.3, 0.4) is 0 Å². The van der Waals surface area contributed by atoms with Gasteiger partial charge in [0.05, 0.1) is 19.3 Å². The second-order valence-corrected chi connectivity index (χ2v) is 4.78. The monoisotopic (exact) mass is 278 g/mol. The fraction of sp³-hybridized carbons (Fsp3) is 0.429. The Hall–Kier alpha value is -2.08. The molecule has 0 aromatic heterocycles. The lowest BCUT2D eigenvalue weighted by Crippen LogP contribution is -2.42. The zero-order valence-electron chi connectivity index (χ0n) is 11.3. The zero-order valence-corrected chi connectivity index (χ0v) is 11.3. The fourth-order valence-corrected chi connectivity index (χ4v) is 2.03. The largest absolute Gasteiger partial charge is 0.495 e. The Kier molecular flexibility index (Phi) is 4.57. The minimum atomic E-state index is -0.905. The highest BCUT2D eigenvalue weighted by Gasteiger charge is 2.36. The molecule has 1 fully saturated rings. The van der Waals surface area contributed by atoms with Crippen LogP contribution in [-0.2, 0) is 9.59 Å². The quantitative estimate of drug-likeness (QED) is 0.695. The van der Waals surface area contributed by atoms with Gasteiger partial charge >= 0.3 is 5.97 Å². The van der Waals surface area contributed by atoms with Crippen LogP contribution in [0.2, 0.25) is 0 Å². The number of methoxy groups -OCH3 is 1. The number of hydrogen-bond donors (Lipinski definition) is 3. The predicted octanol–water partition coefficient (Wildman–Crippen LogP) is 1.09. The van der Waals surface area contributed by atoms with Gasteiger partial charge in [-0.3, -0.25) is 14.9 Å². The van der Waals surface area contributed by atoms with Gasteiger partial charge in [-0.25, -0.2) is 0 Å². The van der Waals surface area contributed by atoms with Crippen molar-refractivity contribution >= 4 is 17.6 Å². The molecule has 1 aliphatic carbocycles. The van der Waals surface area contributed by atoms with Crippen molar-refractivity contribution in [1.82, 2.24) is 5.32 Å². The third-order valence-corrected chi connectivity index (χ3v) is 3.22. The predicted molar refractivity (Wildman–Crippen MR) is 73.8 cm³/mol. The molecule has 6 nitrogen and oxygen atoms in total. The number of carboxylic acid groups (broad SMARTS) is 1. The van der Waals surface area contributed by atoms with Crippen LogP contribution in [0.5, 0.6) is 5.75 Å². The summed E-state index contributed by atoms with van der Waals surface area (Å²) in [6, 6.07) is 6.42. The van der Waals surface area contributed by atoms with Gasteiger partial charge < -0.3 is 15.2 Å². The van der Waals surface area contributed by atoms with E-state index in [1.54, 1.807) is 24.3 Å². The number of para-hydroxylation sites is 2. The smallest absolute Gasteiger partial charge is 0.320 e. The molecule has 0 saturated heterocycles. The summed E-state index contributed by atoms with van der Waals surface area (Å²) < 4.78 is 5.13. The summed E-state index contributed by atoms with van der Waals surface area (Å²) in [7, 11) is 1.52. The van der Waals surface area contributed by atoms with Crippen molar-refractivity contribution in [1.29, 1.82) is 0 Å². The van der Waals surface area contributed by atoms with E-state index in [2.05, 4.69) is 10.6 Å². The van der Waals surface area contributed by atoms with Crippen LogP contribution in [0, 0.1) is 5.92 Å². The van der Waals surface area contributed by atoms with E-state index >= 15 is 0 Å². The van der Waals surface area contributed by atoms with Crippen LogP contribution in [0.25, 0.3) is 0 Å². The van der Waals surface area contributed by atoms with E-state index in [4.69, 9.17) is 9.84 Å². The number of anilines is 1. The first kappa shape index (κ1) is 14.3. The van der Waals surface area contributed by atoms with Crippen molar-refractivity contribution < 1.29 is 19.4 Å². The Morgan fingerprint density at radius 2 is 2.10 bits per heavy atom. The highest BCUT2D eigenvalue weighted by atomic mass is 16.5. The second kappa shape index (κ2) is 6.38. The second-order valence-electron chi connectivity index (χ2n) is 4.78. The number of nitrogens with one attached hydrogen (secondary N) is 2. The van der Waals surface area contributed by atoms with Gasteiger partial charge in [0.25, 0.3) is 0 Å². The van der Waals surface area contributed by atoms with E-state index in [-0.39, 0.29) is 18.4 Å². The molecule has 1 atom stereocenters. The molecular weight excluding hydrogens is 260 g/mol. The van der Waals surface area contributed by atoms with Crippen molar-refractivity contribution in [2.75, 3.05) is 19.0 Å². The third kappa shape index (κ3) is 3.71. The van der Waals surface area contributed by atoms with Gasteiger partial charge in [0.15, 0.2) is 0 Å². The van der Waals surface area contributed by atoms with Crippen LogP contribution in [0.1, 0.15) is 12.8 Å². The third-order valence-electron chi connectivity index (χ3n) is 3.22. The van der Waals surface area contributed by atoms with E-state index in [1.807, 2.05) is 0 Å². The van der Waals surface area contributed by atoms with Gasteiger partial charge in [-0.15, -0.1) is 0 Å². The minimum Gasteiger partial charge on any atom is -0.495 e. The molecule has 1 aromatic rings. The number of carboxylic acids is 1. The Morgan fingerprint density at radius 1 is 1.40 bits per heavy atom. The molecular formula is C14H18N2O4. The molecule has 108 valence electrons. The number of benzene rings is 1. The summed E-state index contributed by atoms with van der Waals surface area (Å²) in [5.74, 6) is -0.483. The summed E-state index contributed by atoms with van der Waals surface area (Å²) in [6.45, 7) is -0.0362. The lowest BCUT2D eigenvalue weighted by molar-refractivity contribution is -0.140. The first-order chi connectivity index (χ1) is 9.61. The maximum absolute atomic E-state index is 11.8. The Labute approximate surface area is 117 Å². The number of carbonyl (C=O) groups is 2. The zero-order chi connectivity index (χ0) is 14.5. The molecule has 1 amide bonds. The van der Waals surface area contributed by atoms with E-state index in [1.165, 1.54) is 7.11 Å². The molecule has 1 aromatic carbocycles. The standard InChI is InChI=1S/C14H18N2O4/c1-20-11-5-3-2-4-10(11)16-12(17)8-15-13(14(18)19)9-6-7-9/h2-5,9,13,15H,6-8H2,1H3,(H,16,17)(H,18,19). The number of aliphatic carboxylic acids is 1. The van der Waals surface area contributed by atoms with Crippen LogP contribution in [0.15, 0.2) is 24.3 Å². The first-order valence-corrected chi connectivity index (χ1v) is 6.51. The van der Waals surface area contributed by atoms with Crippen LogP contribution in [-0.4, -0.2) is 36.7 Å². The van der Waals surface area contributed by atoms with Crippen molar-refractivity contribution in [3.05, 3.63) is 24.3 Å². The average Bonchev–Trinajstić information content (AvgIpc) is 3.24. The van der Waals surface area contributed by atoms with Crippen LogP contribution in [0.4, 0.5) is 5.69 Å². The van der Waals surface area contributed by atoms with Crippen molar-refractivity contribution in [2.45, 2.75) is 18.9 Å². The Balaban J connectivity index is 1.87. The van der Waals surface area contributed by atoms with Crippen molar-refractivity contribution in [3.8, 4) is 5.75 Å². The van der Waals surface area contributed by atoms with Gasteiger partial charge in [-0.2, -0.15) is 0 Å². The van der Waals surface area contributed by atoms with Gasteiger partial charge in [0, 0.05) is 0 Å². The number of amides is 1. The fourth-order valence-electron chi connectivity index (χ4n) is 2.03.